The summed E-state index contributed by atoms with van der Waals surface area (Å²) in [5, 5.41) is 0.631. The van der Waals surface area contributed by atoms with Crippen molar-refractivity contribution in [2.24, 2.45) is 4.99 Å². The van der Waals surface area contributed by atoms with E-state index in [1.165, 1.54) is 30.2 Å². The lowest BCUT2D eigenvalue weighted by molar-refractivity contribution is -0.116. The number of H-pyrrole nitrogens is 1. The molecule has 1 unspecified atom stereocenters. The van der Waals surface area contributed by atoms with Crippen molar-refractivity contribution < 1.29 is 9.18 Å². The molecule has 0 bridgehead atoms. The number of ketones is 1. The van der Waals surface area contributed by atoms with Crippen molar-refractivity contribution in [1.82, 2.24) is 9.97 Å². The lowest BCUT2D eigenvalue weighted by atomic mass is 9.85. The first-order valence-corrected chi connectivity index (χ1v) is 9.10. The van der Waals surface area contributed by atoms with Crippen LogP contribution in [-0.4, -0.2) is 20.9 Å². The van der Waals surface area contributed by atoms with E-state index in [-0.39, 0.29) is 17.2 Å². The van der Waals surface area contributed by atoms with Gasteiger partial charge in [-0.25, -0.2) is 14.4 Å². The second-order valence-corrected chi connectivity index (χ2v) is 7.32. The molecule has 2 aromatic rings. The molecule has 1 atom stereocenters. The fraction of sp³-hybridized carbons (Fsp3) is 0.222. The van der Waals surface area contributed by atoms with Crippen LogP contribution in [0.25, 0.3) is 0 Å². The summed E-state index contributed by atoms with van der Waals surface area (Å²) in [5.74, 6) is 0.191. The number of Topliss-reactive ketones (excluding diaryl/α,β-unsaturated/α-hetero) is 1. The van der Waals surface area contributed by atoms with Gasteiger partial charge in [-0.2, -0.15) is 0 Å². The third-order valence-electron chi connectivity index (χ3n) is 4.80. The molecule has 0 amide bonds. The van der Waals surface area contributed by atoms with Crippen LogP contribution in [0, 0.1) is 5.82 Å². The monoisotopic (exact) mass is 368 g/mol. The predicted molar refractivity (Wildman–Crippen MR) is 95.7 cm³/mol. The number of nitrogens with zero attached hydrogens (tertiary/aromatic N) is 3. The van der Waals surface area contributed by atoms with E-state index in [0.29, 0.717) is 27.9 Å². The largest absolute Gasteiger partial charge is 0.312 e. The molecule has 0 saturated carbocycles. The number of carbonyl (C=O) groups excluding carboxylic acids is 1. The Kier molecular flexibility index (Phi) is 3.36. The number of benzene rings is 1. The maximum atomic E-state index is 13.4. The number of anilines is 1. The van der Waals surface area contributed by atoms with Crippen LogP contribution in [0.2, 0.25) is 0 Å². The Hall–Kier alpha value is -2.74. The number of carbonyl (C=O) groups is 1. The summed E-state index contributed by atoms with van der Waals surface area (Å²) < 4.78 is 13.4. The minimum absolute atomic E-state index is 0.0478. The number of thioether (sulfide) groups is 1. The predicted octanol–water partition coefficient (Wildman–Crippen LogP) is 2.94. The molecule has 0 spiro atoms. The molecule has 6 nitrogen and oxygen atoms in total. The first-order chi connectivity index (χ1) is 12.6. The Balaban J connectivity index is 1.75. The molecule has 3 aliphatic rings. The molecule has 1 aliphatic carbocycles. The Morgan fingerprint density at radius 1 is 1.19 bits per heavy atom. The number of aliphatic imine (C=N–C) groups is 1. The molecule has 2 aliphatic heterocycles. The van der Waals surface area contributed by atoms with Crippen molar-refractivity contribution in [2.75, 3.05) is 4.90 Å². The zero-order chi connectivity index (χ0) is 17.8. The minimum atomic E-state index is -0.450. The first kappa shape index (κ1) is 15.5. The van der Waals surface area contributed by atoms with Crippen LogP contribution >= 0.6 is 11.8 Å². The van der Waals surface area contributed by atoms with E-state index in [4.69, 9.17) is 0 Å². The van der Waals surface area contributed by atoms with Gasteiger partial charge in [0, 0.05) is 12.0 Å². The van der Waals surface area contributed by atoms with E-state index in [0.717, 1.165) is 24.1 Å². The summed E-state index contributed by atoms with van der Waals surface area (Å²) in [5.41, 5.74) is 1.93. The van der Waals surface area contributed by atoms with Crippen LogP contribution in [0.4, 0.5) is 10.2 Å². The highest BCUT2D eigenvalue weighted by Crippen LogP contribution is 2.49. The summed E-state index contributed by atoms with van der Waals surface area (Å²) in [6, 6.07) is 5.65. The highest BCUT2D eigenvalue weighted by atomic mass is 32.2. The highest BCUT2D eigenvalue weighted by Gasteiger charge is 2.44. The van der Waals surface area contributed by atoms with Gasteiger partial charge in [-0.05, 0) is 42.3 Å². The van der Waals surface area contributed by atoms with Gasteiger partial charge in [0.2, 0.25) is 0 Å². The first-order valence-electron chi connectivity index (χ1n) is 8.28. The molecule has 0 radical (unpaired) electrons. The third-order valence-corrected chi connectivity index (χ3v) is 5.84. The Morgan fingerprint density at radius 2 is 2.00 bits per heavy atom. The van der Waals surface area contributed by atoms with Crippen LogP contribution in [-0.2, 0) is 4.79 Å². The van der Waals surface area contributed by atoms with E-state index in [1.54, 1.807) is 12.1 Å². The zero-order valence-corrected chi connectivity index (χ0v) is 14.3. The molecule has 0 saturated heterocycles. The summed E-state index contributed by atoms with van der Waals surface area (Å²) in [7, 11) is 0. The maximum absolute atomic E-state index is 13.4. The van der Waals surface area contributed by atoms with Gasteiger partial charge in [-0.3, -0.25) is 14.5 Å². The van der Waals surface area contributed by atoms with Crippen LogP contribution in [0.1, 0.15) is 30.9 Å². The van der Waals surface area contributed by atoms with Gasteiger partial charge in [0.25, 0.3) is 5.56 Å². The standard InChI is InChI=1S/C18H13FN4O2S/c19-10-6-4-9(5-7-10)14-13-11(2-1-3-12(13)24)22-18-23(14)16-15(26-18)17(25)21-8-20-16/h4-8,14H,1-3H2,(H,20,21,25). The molecule has 130 valence electrons. The second-order valence-electron chi connectivity index (χ2n) is 6.34. The Morgan fingerprint density at radius 3 is 2.81 bits per heavy atom. The Labute approximate surface area is 151 Å². The smallest absolute Gasteiger partial charge is 0.267 e. The lowest BCUT2D eigenvalue weighted by Crippen LogP contribution is -2.38. The maximum Gasteiger partial charge on any atom is 0.267 e. The number of allylic oxidation sites excluding steroid dienone is 1. The molecule has 26 heavy (non-hydrogen) atoms. The van der Waals surface area contributed by atoms with Gasteiger partial charge in [0.15, 0.2) is 16.8 Å². The number of halogens is 1. The number of hydrogen-bond donors (Lipinski definition) is 1. The van der Waals surface area contributed by atoms with Crippen LogP contribution in [0.15, 0.2) is 56.5 Å². The van der Waals surface area contributed by atoms with Gasteiger partial charge in [0.1, 0.15) is 10.7 Å². The van der Waals surface area contributed by atoms with E-state index in [1.807, 2.05) is 4.90 Å². The number of aromatic amines is 1. The molecule has 8 heteroatoms. The lowest BCUT2D eigenvalue weighted by Gasteiger charge is -2.36. The fourth-order valence-electron chi connectivity index (χ4n) is 3.66. The summed E-state index contributed by atoms with van der Waals surface area (Å²) in [6.45, 7) is 0. The number of fused-ring (bicyclic) bond motifs is 3. The van der Waals surface area contributed by atoms with Gasteiger partial charge < -0.3 is 4.98 Å². The van der Waals surface area contributed by atoms with E-state index < -0.39 is 6.04 Å². The zero-order valence-electron chi connectivity index (χ0n) is 13.5. The van der Waals surface area contributed by atoms with Crippen molar-refractivity contribution in [1.29, 1.82) is 0 Å². The summed E-state index contributed by atoms with van der Waals surface area (Å²) in [6.07, 6.45) is 3.30. The molecule has 1 aromatic heterocycles. The number of aromatic nitrogens is 2. The average molecular weight is 368 g/mol. The van der Waals surface area contributed by atoms with Gasteiger partial charge >= 0.3 is 0 Å². The van der Waals surface area contributed by atoms with Gasteiger partial charge in [-0.15, -0.1) is 0 Å². The van der Waals surface area contributed by atoms with Crippen LogP contribution < -0.4 is 10.5 Å². The molecule has 5 rings (SSSR count). The molecular weight excluding hydrogens is 355 g/mol. The number of hydrogen-bond acceptors (Lipinski definition) is 6. The van der Waals surface area contributed by atoms with Crippen LogP contribution in [0.3, 0.4) is 0 Å². The fourth-order valence-corrected chi connectivity index (χ4v) is 4.68. The topological polar surface area (TPSA) is 78.4 Å². The average Bonchev–Trinajstić information content (AvgIpc) is 3.01. The molecule has 1 N–H and O–H groups in total. The van der Waals surface area contributed by atoms with E-state index >= 15 is 0 Å². The van der Waals surface area contributed by atoms with Crippen molar-refractivity contribution >= 4 is 28.5 Å². The molecule has 1 aromatic carbocycles. The molecule has 3 heterocycles. The van der Waals surface area contributed by atoms with Crippen molar-refractivity contribution in [3.8, 4) is 0 Å². The van der Waals surface area contributed by atoms with Crippen molar-refractivity contribution in [2.45, 2.75) is 30.2 Å². The quantitative estimate of drug-likeness (QED) is 0.837. The summed E-state index contributed by atoms with van der Waals surface area (Å²) in [4.78, 5) is 38.8. The third kappa shape index (κ3) is 2.18. The highest BCUT2D eigenvalue weighted by molar-refractivity contribution is 8.14. The number of rotatable bonds is 1. The SMILES string of the molecule is O=C1CCCC2=C1C(c1ccc(F)cc1)N1C(=N2)Sc2c1nc[nH]c2=O. The molecular formula is C18H13FN4O2S. The van der Waals surface area contributed by atoms with Gasteiger partial charge in [0.05, 0.1) is 18.1 Å². The van der Waals surface area contributed by atoms with Gasteiger partial charge in [-0.1, -0.05) is 12.1 Å². The van der Waals surface area contributed by atoms with E-state index in [2.05, 4.69) is 15.0 Å². The number of amidine groups is 1. The van der Waals surface area contributed by atoms with E-state index in [9.17, 15) is 14.0 Å². The molecule has 0 fully saturated rings. The number of nitrogens with one attached hydrogen (secondary N) is 1. The normalized spacial score (nSPS) is 21.3. The Bertz CT molecular complexity index is 1060. The van der Waals surface area contributed by atoms with Crippen molar-refractivity contribution in [3.05, 3.63) is 63.6 Å². The minimum Gasteiger partial charge on any atom is -0.312 e. The second kappa shape index (κ2) is 5.63. The van der Waals surface area contributed by atoms with Crippen LogP contribution in [0.5, 0.6) is 0 Å². The van der Waals surface area contributed by atoms with Crippen molar-refractivity contribution in [3.63, 3.8) is 0 Å². The summed E-state index contributed by atoms with van der Waals surface area (Å²) >= 11 is 1.26.